The third-order valence-corrected chi connectivity index (χ3v) is 3.09. The number of isocyanates is 1. The van der Waals surface area contributed by atoms with Gasteiger partial charge in [0, 0.05) is 5.56 Å². The molecule has 1 aromatic rings. The molecule has 2 rings (SSSR count). The summed E-state index contributed by atoms with van der Waals surface area (Å²) in [6, 6.07) is 3.45. The molecule has 1 aromatic carbocycles. The highest BCUT2D eigenvalue weighted by atomic mass is 35.5. The lowest BCUT2D eigenvalue weighted by Crippen LogP contribution is -2.05. The van der Waals surface area contributed by atoms with Crippen LogP contribution in [0.4, 0.5) is 0 Å². The van der Waals surface area contributed by atoms with Crippen LogP contribution >= 0.6 is 11.6 Å². The second-order valence-corrected chi connectivity index (χ2v) is 4.23. The van der Waals surface area contributed by atoms with E-state index in [9.17, 15) is 9.90 Å². The maximum Gasteiger partial charge on any atom is 0.235 e. The molecule has 1 N–H and O–H groups in total. The van der Waals surface area contributed by atoms with Crippen LogP contribution in [0.5, 0.6) is 5.75 Å². The molecule has 0 spiro atoms. The fraction of sp³-hybridized carbons (Fsp3) is 0.364. The van der Waals surface area contributed by atoms with E-state index in [2.05, 4.69) is 4.99 Å². The molecule has 0 unspecified atom stereocenters. The van der Waals surface area contributed by atoms with Gasteiger partial charge in [0.25, 0.3) is 0 Å². The Morgan fingerprint density at radius 3 is 2.73 bits per heavy atom. The predicted octanol–water partition coefficient (Wildman–Crippen LogP) is 2.68. The highest BCUT2D eigenvalue weighted by Gasteiger charge is 2.47. The van der Waals surface area contributed by atoms with E-state index in [1.54, 1.807) is 12.1 Å². The minimum absolute atomic E-state index is 0.0353. The molecule has 1 saturated carbocycles. The van der Waals surface area contributed by atoms with Crippen molar-refractivity contribution in [1.29, 1.82) is 0 Å². The zero-order valence-electron chi connectivity index (χ0n) is 8.25. The fourth-order valence-electron chi connectivity index (χ4n) is 1.88. The van der Waals surface area contributed by atoms with Gasteiger partial charge in [-0.3, -0.25) is 0 Å². The van der Waals surface area contributed by atoms with Crippen LogP contribution in [0.1, 0.15) is 24.0 Å². The zero-order chi connectivity index (χ0) is 11.1. The highest BCUT2D eigenvalue weighted by molar-refractivity contribution is 6.32. The summed E-state index contributed by atoms with van der Waals surface area (Å²) in [6.07, 6.45) is 3.09. The first-order valence-corrected chi connectivity index (χ1v) is 5.06. The number of hydrogen-bond acceptors (Lipinski definition) is 3. The van der Waals surface area contributed by atoms with Crippen molar-refractivity contribution in [3.63, 3.8) is 0 Å². The van der Waals surface area contributed by atoms with E-state index in [0.717, 1.165) is 18.4 Å². The summed E-state index contributed by atoms with van der Waals surface area (Å²) in [4.78, 5) is 14.1. The number of aromatic hydroxyl groups is 1. The Kier molecular flexibility index (Phi) is 2.29. The average Bonchev–Trinajstić information content (AvgIpc) is 2.94. The van der Waals surface area contributed by atoms with Crippen LogP contribution in [-0.2, 0) is 10.3 Å². The average molecular weight is 224 g/mol. The quantitative estimate of drug-likeness (QED) is 0.619. The van der Waals surface area contributed by atoms with Crippen LogP contribution in [0.25, 0.3) is 0 Å². The Balaban J connectivity index is 2.62. The van der Waals surface area contributed by atoms with Crippen molar-refractivity contribution in [1.82, 2.24) is 0 Å². The molecule has 78 valence electrons. The largest absolute Gasteiger partial charge is 0.506 e. The van der Waals surface area contributed by atoms with Crippen molar-refractivity contribution in [2.45, 2.75) is 25.3 Å². The lowest BCUT2D eigenvalue weighted by molar-refractivity contribution is 0.458. The van der Waals surface area contributed by atoms with Crippen molar-refractivity contribution < 1.29 is 9.90 Å². The summed E-state index contributed by atoms with van der Waals surface area (Å²) in [5, 5.41) is 10.2. The topological polar surface area (TPSA) is 49.7 Å². The molecule has 0 atom stereocenters. The minimum atomic E-state index is -0.569. The van der Waals surface area contributed by atoms with Crippen molar-refractivity contribution in [3.05, 3.63) is 28.3 Å². The number of aryl methyl sites for hydroxylation is 1. The van der Waals surface area contributed by atoms with Gasteiger partial charge >= 0.3 is 0 Å². The van der Waals surface area contributed by atoms with Gasteiger partial charge in [0.15, 0.2) is 0 Å². The highest BCUT2D eigenvalue weighted by Crippen LogP contribution is 2.54. The van der Waals surface area contributed by atoms with E-state index in [1.807, 2.05) is 13.0 Å². The van der Waals surface area contributed by atoms with Crippen LogP contribution in [0.15, 0.2) is 17.1 Å². The van der Waals surface area contributed by atoms with E-state index in [4.69, 9.17) is 11.6 Å². The van der Waals surface area contributed by atoms with E-state index < -0.39 is 5.54 Å². The van der Waals surface area contributed by atoms with Gasteiger partial charge in [0.2, 0.25) is 6.08 Å². The van der Waals surface area contributed by atoms with Gasteiger partial charge in [-0.25, -0.2) is 4.79 Å². The summed E-state index contributed by atoms with van der Waals surface area (Å²) in [7, 11) is 0. The monoisotopic (exact) mass is 223 g/mol. The SMILES string of the molecule is Cc1ccc(Cl)c(O)c1C1(N=C=O)CC1. The van der Waals surface area contributed by atoms with E-state index >= 15 is 0 Å². The lowest BCUT2D eigenvalue weighted by Gasteiger charge is -2.14. The second kappa shape index (κ2) is 3.37. The standard InChI is InChI=1S/C11H10ClNO2/c1-7-2-3-8(12)10(15)9(7)11(4-5-11)13-6-14/h2-3,15H,4-5H2,1H3. The summed E-state index contributed by atoms with van der Waals surface area (Å²) in [6.45, 7) is 1.87. The Labute approximate surface area is 92.4 Å². The number of phenolic OH excluding ortho intramolecular Hbond substituents is 1. The van der Waals surface area contributed by atoms with Gasteiger partial charge in [-0.05, 0) is 31.4 Å². The molecule has 1 aliphatic rings. The van der Waals surface area contributed by atoms with Gasteiger partial charge in [-0.1, -0.05) is 17.7 Å². The van der Waals surface area contributed by atoms with E-state index in [-0.39, 0.29) is 5.75 Å². The molecule has 0 bridgehead atoms. The third kappa shape index (κ3) is 1.54. The predicted molar refractivity (Wildman–Crippen MR) is 56.9 cm³/mol. The number of phenols is 1. The molecule has 0 radical (unpaired) electrons. The van der Waals surface area contributed by atoms with Crippen LogP contribution in [0.2, 0.25) is 5.02 Å². The van der Waals surface area contributed by atoms with Gasteiger partial charge in [0.1, 0.15) is 11.3 Å². The van der Waals surface area contributed by atoms with Crippen LogP contribution in [0, 0.1) is 6.92 Å². The number of rotatable bonds is 2. The molecule has 0 heterocycles. The molecule has 0 aromatic heterocycles. The molecular weight excluding hydrogens is 214 g/mol. The maximum atomic E-state index is 10.3. The van der Waals surface area contributed by atoms with E-state index in [0.29, 0.717) is 10.6 Å². The Bertz CT molecular complexity index is 460. The van der Waals surface area contributed by atoms with Crippen LogP contribution in [-0.4, -0.2) is 11.2 Å². The molecule has 1 aliphatic carbocycles. The number of aliphatic imine (C=N–C) groups is 1. The normalized spacial score (nSPS) is 16.9. The lowest BCUT2D eigenvalue weighted by atomic mass is 9.98. The van der Waals surface area contributed by atoms with E-state index in [1.165, 1.54) is 0 Å². The van der Waals surface area contributed by atoms with Gasteiger partial charge in [0.05, 0.1) is 5.02 Å². The fourth-order valence-corrected chi connectivity index (χ4v) is 2.03. The van der Waals surface area contributed by atoms with Crippen LogP contribution < -0.4 is 0 Å². The first-order valence-electron chi connectivity index (χ1n) is 4.68. The first-order chi connectivity index (χ1) is 7.10. The van der Waals surface area contributed by atoms with Crippen molar-refractivity contribution in [2.75, 3.05) is 0 Å². The zero-order valence-corrected chi connectivity index (χ0v) is 9.01. The molecular formula is C11H10ClNO2. The summed E-state index contributed by atoms with van der Waals surface area (Å²) in [5.74, 6) is 0.0353. The summed E-state index contributed by atoms with van der Waals surface area (Å²) < 4.78 is 0. The number of benzene rings is 1. The second-order valence-electron chi connectivity index (χ2n) is 3.82. The van der Waals surface area contributed by atoms with Gasteiger partial charge in [-0.2, -0.15) is 4.99 Å². The van der Waals surface area contributed by atoms with Gasteiger partial charge in [-0.15, -0.1) is 0 Å². The molecule has 1 fully saturated rings. The first kappa shape index (κ1) is 10.2. The van der Waals surface area contributed by atoms with Crippen molar-refractivity contribution in [2.24, 2.45) is 4.99 Å². The van der Waals surface area contributed by atoms with Crippen molar-refractivity contribution in [3.8, 4) is 5.75 Å². The Hall–Kier alpha value is -1.31. The smallest absolute Gasteiger partial charge is 0.235 e. The van der Waals surface area contributed by atoms with Crippen molar-refractivity contribution >= 4 is 17.7 Å². The molecule has 15 heavy (non-hydrogen) atoms. The Morgan fingerprint density at radius 1 is 1.53 bits per heavy atom. The summed E-state index contributed by atoms with van der Waals surface area (Å²) in [5.41, 5.74) is 0.993. The minimum Gasteiger partial charge on any atom is -0.506 e. The number of carbonyl (C=O) groups excluding carboxylic acids is 1. The number of nitrogens with zero attached hydrogens (tertiary/aromatic N) is 1. The Morgan fingerprint density at radius 2 is 2.20 bits per heavy atom. The molecule has 4 heteroatoms. The third-order valence-electron chi connectivity index (χ3n) is 2.79. The summed E-state index contributed by atoms with van der Waals surface area (Å²) >= 11 is 5.83. The molecule has 3 nitrogen and oxygen atoms in total. The molecule has 0 saturated heterocycles. The number of halogens is 1. The van der Waals surface area contributed by atoms with Crippen LogP contribution in [0.3, 0.4) is 0 Å². The maximum absolute atomic E-state index is 10.3. The number of hydrogen-bond donors (Lipinski definition) is 1. The molecule has 0 aliphatic heterocycles. The molecule has 0 amide bonds. The van der Waals surface area contributed by atoms with Gasteiger partial charge < -0.3 is 5.11 Å².